The molecule has 0 amide bonds. The molecule has 0 bridgehead atoms. The predicted octanol–water partition coefficient (Wildman–Crippen LogP) is 3.42. The van der Waals surface area contributed by atoms with Crippen molar-refractivity contribution in [3.63, 3.8) is 0 Å². The summed E-state index contributed by atoms with van der Waals surface area (Å²) in [7, 11) is 2.19. The van der Waals surface area contributed by atoms with Crippen molar-refractivity contribution in [1.29, 1.82) is 0 Å². The SMILES string of the molecule is CC1CN(c2cc(C3=Nc4ccc(OC5(C)CC5)cc43)ncn2)CC(C)N1C. The van der Waals surface area contributed by atoms with Gasteiger partial charge in [-0.15, -0.1) is 0 Å². The van der Waals surface area contributed by atoms with Gasteiger partial charge >= 0.3 is 0 Å². The molecule has 2 fully saturated rings. The first-order valence-electron chi connectivity index (χ1n) is 10.1. The number of likely N-dealkylation sites (N-methyl/N-ethyl adjacent to an activating group) is 1. The first-order chi connectivity index (χ1) is 13.4. The average molecular weight is 377 g/mol. The van der Waals surface area contributed by atoms with E-state index < -0.39 is 0 Å². The Morgan fingerprint density at radius 3 is 2.54 bits per heavy atom. The van der Waals surface area contributed by atoms with Gasteiger partial charge in [-0.25, -0.2) is 15.0 Å². The maximum Gasteiger partial charge on any atom is 0.132 e. The van der Waals surface area contributed by atoms with Gasteiger partial charge in [0.2, 0.25) is 0 Å². The van der Waals surface area contributed by atoms with E-state index in [0.717, 1.165) is 60.2 Å². The highest BCUT2D eigenvalue weighted by Gasteiger charge is 2.40. The van der Waals surface area contributed by atoms with Gasteiger partial charge in [0.25, 0.3) is 0 Å². The van der Waals surface area contributed by atoms with Crippen LogP contribution in [0.2, 0.25) is 0 Å². The molecule has 0 spiro atoms. The molecule has 0 N–H and O–H groups in total. The highest BCUT2D eigenvalue weighted by molar-refractivity contribution is 6.21. The van der Waals surface area contributed by atoms with Crippen LogP contribution in [0.1, 0.15) is 44.9 Å². The molecule has 1 aromatic carbocycles. The summed E-state index contributed by atoms with van der Waals surface area (Å²) in [6.45, 7) is 8.63. The first kappa shape index (κ1) is 17.6. The minimum absolute atomic E-state index is 0.0200. The largest absolute Gasteiger partial charge is 0.488 e. The Bertz CT molecular complexity index is 940. The van der Waals surface area contributed by atoms with E-state index in [1.807, 2.05) is 12.1 Å². The summed E-state index contributed by atoms with van der Waals surface area (Å²) < 4.78 is 6.12. The van der Waals surface area contributed by atoms with E-state index in [-0.39, 0.29) is 5.60 Å². The normalized spacial score (nSPS) is 25.6. The minimum Gasteiger partial charge on any atom is -0.488 e. The van der Waals surface area contributed by atoms with Gasteiger partial charge in [0.1, 0.15) is 23.5 Å². The van der Waals surface area contributed by atoms with Crippen molar-refractivity contribution in [3.05, 3.63) is 41.9 Å². The number of anilines is 1. The molecule has 1 aliphatic carbocycles. The molecule has 2 aromatic rings. The predicted molar refractivity (Wildman–Crippen MR) is 111 cm³/mol. The van der Waals surface area contributed by atoms with Crippen LogP contribution in [0.3, 0.4) is 0 Å². The molecule has 1 saturated heterocycles. The van der Waals surface area contributed by atoms with Crippen LogP contribution in [0.25, 0.3) is 0 Å². The standard InChI is InChI=1S/C22H27N5O/c1-14-11-27(12-15(2)26(14)4)20-10-19(23-13-24-20)21-17-9-16(5-6-18(17)25-21)28-22(3)7-8-22/h5-6,9-10,13-15H,7-8,11-12H2,1-4H3. The van der Waals surface area contributed by atoms with E-state index in [1.54, 1.807) is 6.33 Å². The summed E-state index contributed by atoms with van der Waals surface area (Å²) in [6.07, 6.45) is 3.91. The number of nitrogens with zero attached hydrogens (tertiary/aromatic N) is 5. The Labute approximate surface area is 166 Å². The fourth-order valence-corrected chi connectivity index (χ4v) is 3.99. The molecule has 0 radical (unpaired) electrons. The lowest BCUT2D eigenvalue weighted by Crippen LogP contribution is -2.55. The van der Waals surface area contributed by atoms with Gasteiger partial charge in [-0.1, -0.05) is 0 Å². The zero-order valence-corrected chi connectivity index (χ0v) is 17.0. The smallest absolute Gasteiger partial charge is 0.132 e. The van der Waals surface area contributed by atoms with Gasteiger partial charge in [0.05, 0.1) is 17.1 Å². The van der Waals surface area contributed by atoms with E-state index in [1.165, 1.54) is 0 Å². The van der Waals surface area contributed by atoms with Crippen LogP contribution in [0, 0.1) is 0 Å². The Morgan fingerprint density at radius 2 is 1.82 bits per heavy atom. The van der Waals surface area contributed by atoms with Crippen LogP contribution in [0.5, 0.6) is 5.75 Å². The highest BCUT2D eigenvalue weighted by atomic mass is 16.5. The molecule has 5 rings (SSSR count). The molecular weight excluding hydrogens is 350 g/mol. The molecule has 2 aliphatic heterocycles. The maximum atomic E-state index is 6.12. The lowest BCUT2D eigenvalue weighted by Gasteiger charge is -2.43. The topological polar surface area (TPSA) is 53.9 Å². The van der Waals surface area contributed by atoms with Crippen LogP contribution in [-0.2, 0) is 0 Å². The number of piperazine rings is 1. The van der Waals surface area contributed by atoms with E-state index in [2.05, 4.69) is 64.7 Å². The average Bonchev–Trinajstić information content (AvgIpc) is 3.39. The van der Waals surface area contributed by atoms with Crippen molar-refractivity contribution < 1.29 is 4.74 Å². The van der Waals surface area contributed by atoms with Gasteiger partial charge < -0.3 is 9.64 Å². The molecule has 2 atom stereocenters. The lowest BCUT2D eigenvalue weighted by atomic mass is 9.98. The Morgan fingerprint density at radius 1 is 1.07 bits per heavy atom. The summed E-state index contributed by atoms with van der Waals surface area (Å²) in [5.41, 5.74) is 3.95. The third-order valence-electron chi connectivity index (χ3n) is 6.35. The van der Waals surface area contributed by atoms with E-state index in [9.17, 15) is 0 Å². The molecule has 2 unspecified atom stereocenters. The van der Waals surface area contributed by atoms with Crippen LogP contribution < -0.4 is 9.64 Å². The second kappa shape index (κ2) is 6.27. The van der Waals surface area contributed by atoms with Crippen molar-refractivity contribution >= 4 is 17.2 Å². The zero-order valence-electron chi connectivity index (χ0n) is 17.0. The highest BCUT2D eigenvalue weighted by Crippen LogP contribution is 2.42. The number of hydrogen-bond acceptors (Lipinski definition) is 6. The van der Waals surface area contributed by atoms with Crippen molar-refractivity contribution in [2.45, 2.75) is 51.3 Å². The van der Waals surface area contributed by atoms with E-state index in [0.29, 0.717) is 12.1 Å². The summed E-state index contributed by atoms with van der Waals surface area (Å²) in [4.78, 5) is 18.5. The second-order valence-corrected chi connectivity index (χ2v) is 8.72. The maximum absolute atomic E-state index is 6.12. The van der Waals surface area contributed by atoms with Gasteiger partial charge in [-0.2, -0.15) is 0 Å². The third-order valence-corrected chi connectivity index (χ3v) is 6.35. The van der Waals surface area contributed by atoms with Gasteiger partial charge in [-0.05, 0) is 58.9 Å². The number of ether oxygens (including phenoxy) is 1. The van der Waals surface area contributed by atoms with Crippen LogP contribution in [0.4, 0.5) is 11.5 Å². The van der Waals surface area contributed by atoms with Crippen molar-refractivity contribution in [2.24, 2.45) is 4.99 Å². The number of aromatic nitrogens is 2. The number of rotatable bonds is 4. The van der Waals surface area contributed by atoms with Crippen LogP contribution >= 0.6 is 0 Å². The first-order valence-corrected chi connectivity index (χ1v) is 10.1. The molecule has 6 heteroatoms. The number of fused-ring (bicyclic) bond motifs is 1. The molecule has 1 aromatic heterocycles. The summed E-state index contributed by atoms with van der Waals surface area (Å²) in [5, 5.41) is 0. The zero-order chi connectivity index (χ0) is 19.5. The summed E-state index contributed by atoms with van der Waals surface area (Å²) >= 11 is 0. The molecular formula is C22H27N5O. The summed E-state index contributed by atoms with van der Waals surface area (Å²) in [6, 6.07) is 9.21. The molecule has 6 nitrogen and oxygen atoms in total. The minimum atomic E-state index is 0.0200. The summed E-state index contributed by atoms with van der Waals surface area (Å²) in [5.74, 6) is 1.90. The van der Waals surface area contributed by atoms with Gasteiger partial charge in [0, 0.05) is 36.8 Å². The third kappa shape index (κ3) is 3.05. The van der Waals surface area contributed by atoms with Crippen molar-refractivity contribution in [2.75, 3.05) is 25.0 Å². The molecule has 146 valence electrons. The fourth-order valence-electron chi connectivity index (χ4n) is 3.99. The van der Waals surface area contributed by atoms with E-state index >= 15 is 0 Å². The van der Waals surface area contributed by atoms with Gasteiger partial charge in [-0.3, -0.25) is 4.90 Å². The Balaban J connectivity index is 1.38. The number of aliphatic imine (C=N–C) groups is 1. The number of benzene rings is 1. The molecule has 1 saturated carbocycles. The molecule has 3 aliphatic rings. The monoisotopic (exact) mass is 377 g/mol. The van der Waals surface area contributed by atoms with Gasteiger partial charge in [0.15, 0.2) is 0 Å². The Kier molecular flexibility index (Phi) is 3.95. The number of hydrogen-bond donors (Lipinski definition) is 0. The quantitative estimate of drug-likeness (QED) is 0.697. The lowest BCUT2D eigenvalue weighted by molar-refractivity contribution is 0.169. The molecule has 28 heavy (non-hydrogen) atoms. The Hall–Kier alpha value is -2.47. The molecule has 3 heterocycles. The van der Waals surface area contributed by atoms with E-state index in [4.69, 9.17) is 4.74 Å². The van der Waals surface area contributed by atoms with Crippen molar-refractivity contribution in [3.8, 4) is 5.75 Å². The second-order valence-electron chi connectivity index (χ2n) is 8.72. The van der Waals surface area contributed by atoms with Crippen molar-refractivity contribution in [1.82, 2.24) is 14.9 Å². The van der Waals surface area contributed by atoms with Crippen LogP contribution in [-0.4, -0.2) is 58.4 Å². The fraction of sp³-hybridized carbons (Fsp3) is 0.500. The van der Waals surface area contributed by atoms with Crippen LogP contribution in [0.15, 0.2) is 35.6 Å².